The lowest BCUT2D eigenvalue weighted by atomic mass is 10.00. The van der Waals surface area contributed by atoms with Gasteiger partial charge in [0.1, 0.15) is 5.75 Å². The van der Waals surface area contributed by atoms with E-state index < -0.39 is 0 Å². The number of rotatable bonds is 5. The average molecular weight is 333 g/mol. The molecule has 1 unspecified atom stereocenters. The van der Waals surface area contributed by atoms with E-state index in [0.717, 1.165) is 31.6 Å². The van der Waals surface area contributed by atoms with Gasteiger partial charge in [-0.2, -0.15) is 0 Å². The van der Waals surface area contributed by atoms with Crippen molar-refractivity contribution in [1.29, 1.82) is 0 Å². The minimum Gasteiger partial charge on any atom is -0.493 e. The summed E-state index contributed by atoms with van der Waals surface area (Å²) in [5.74, 6) is 1.23. The van der Waals surface area contributed by atoms with Gasteiger partial charge < -0.3 is 19.1 Å². The van der Waals surface area contributed by atoms with E-state index in [4.69, 9.17) is 14.2 Å². The number of piperidine rings is 1. The Morgan fingerprint density at radius 3 is 2.83 bits per heavy atom. The summed E-state index contributed by atoms with van der Waals surface area (Å²) in [5.41, 5.74) is 0.668. The first-order valence-electron chi connectivity index (χ1n) is 8.92. The summed E-state index contributed by atoms with van der Waals surface area (Å²) >= 11 is 0. The molecule has 0 bridgehead atoms. The highest BCUT2D eigenvalue weighted by molar-refractivity contribution is 5.95. The Labute approximate surface area is 143 Å². The molecule has 24 heavy (non-hydrogen) atoms. The SMILES string of the molecule is CC(C)COc1cccc(C(=O)N2CCCCC2C2OCCO2)c1. The maximum Gasteiger partial charge on any atom is 0.254 e. The fourth-order valence-corrected chi connectivity index (χ4v) is 3.24. The van der Waals surface area contributed by atoms with E-state index in [9.17, 15) is 4.79 Å². The Kier molecular flexibility index (Phi) is 5.74. The van der Waals surface area contributed by atoms with E-state index in [1.54, 1.807) is 0 Å². The van der Waals surface area contributed by atoms with Gasteiger partial charge in [0, 0.05) is 12.1 Å². The van der Waals surface area contributed by atoms with E-state index in [1.165, 1.54) is 0 Å². The lowest BCUT2D eigenvalue weighted by Gasteiger charge is -2.38. The molecule has 1 aromatic rings. The van der Waals surface area contributed by atoms with Crippen molar-refractivity contribution < 1.29 is 19.0 Å². The molecule has 132 valence electrons. The van der Waals surface area contributed by atoms with Gasteiger partial charge >= 0.3 is 0 Å². The van der Waals surface area contributed by atoms with E-state index >= 15 is 0 Å². The van der Waals surface area contributed by atoms with Crippen LogP contribution in [0.15, 0.2) is 24.3 Å². The number of ether oxygens (including phenoxy) is 3. The number of amides is 1. The number of likely N-dealkylation sites (tertiary alicyclic amines) is 1. The third-order valence-electron chi connectivity index (χ3n) is 4.44. The molecular weight excluding hydrogens is 306 g/mol. The van der Waals surface area contributed by atoms with Gasteiger partial charge in [0.2, 0.25) is 0 Å². The molecule has 5 heteroatoms. The summed E-state index contributed by atoms with van der Waals surface area (Å²) in [7, 11) is 0. The first-order chi connectivity index (χ1) is 11.6. The van der Waals surface area contributed by atoms with Crippen molar-refractivity contribution in [3.8, 4) is 5.75 Å². The predicted octanol–water partition coefficient (Wildman–Crippen LogP) is 3.09. The minimum absolute atomic E-state index is 0.00832. The van der Waals surface area contributed by atoms with Crippen molar-refractivity contribution >= 4 is 5.91 Å². The highest BCUT2D eigenvalue weighted by Gasteiger charge is 2.36. The van der Waals surface area contributed by atoms with Gasteiger partial charge in [0.25, 0.3) is 5.91 Å². The highest BCUT2D eigenvalue weighted by Crippen LogP contribution is 2.26. The zero-order valence-corrected chi connectivity index (χ0v) is 14.6. The molecule has 1 amide bonds. The van der Waals surface area contributed by atoms with Crippen LogP contribution in [0.25, 0.3) is 0 Å². The van der Waals surface area contributed by atoms with E-state index in [-0.39, 0.29) is 18.2 Å². The largest absolute Gasteiger partial charge is 0.493 e. The third-order valence-corrected chi connectivity index (χ3v) is 4.44. The van der Waals surface area contributed by atoms with Crippen LogP contribution in [0.3, 0.4) is 0 Å². The number of carbonyl (C=O) groups excluding carboxylic acids is 1. The zero-order chi connectivity index (χ0) is 16.9. The summed E-state index contributed by atoms with van der Waals surface area (Å²) in [6, 6.07) is 7.48. The second kappa shape index (κ2) is 7.99. The van der Waals surface area contributed by atoms with Gasteiger partial charge in [-0.25, -0.2) is 0 Å². The smallest absolute Gasteiger partial charge is 0.254 e. The van der Waals surface area contributed by atoms with Crippen molar-refractivity contribution in [2.24, 2.45) is 5.92 Å². The van der Waals surface area contributed by atoms with Crippen LogP contribution in [0.4, 0.5) is 0 Å². The monoisotopic (exact) mass is 333 g/mol. The maximum absolute atomic E-state index is 13.0. The number of carbonyl (C=O) groups is 1. The Morgan fingerprint density at radius 2 is 2.08 bits per heavy atom. The van der Waals surface area contributed by atoms with Crippen LogP contribution in [0.2, 0.25) is 0 Å². The van der Waals surface area contributed by atoms with Crippen molar-refractivity contribution in [2.45, 2.75) is 45.4 Å². The number of benzene rings is 1. The number of hydrogen-bond acceptors (Lipinski definition) is 4. The predicted molar refractivity (Wildman–Crippen MR) is 91.1 cm³/mol. The molecule has 2 saturated heterocycles. The third kappa shape index (κ3) is 4.08. The Morgan fingerprint density at radius 1 is 1.29 bits per heavy atom. The van der Waals surface area contributed by atoms with Gasteiger partial charge in [0.15, 0.2) is 6.29 Å². The first-order valence-corrected chi connectivity index (χ1v) is 8.92. The Balaban J connectivity index is 1.72. The molecule has 3 rings (SSSR count). The zero-order valence-electron chi connectivity index (χ0n) is 14.6. The maximum atomic E-state index is 13.0. The van der Waals surface area contributed by atoms with Crippen molar-refractivity contribution in [1.82, 2.24) is 4.90 Å². The highest BCUT2D eigenvalue weighted by atomic mass is 16.7. The van der Waals surface area contributed by atoms with E-state index in [1.807, 2.05) is 29.2 Å². The molecule has 2 aliphatic heterocycles. The second-order valence-corrected chi connectivity index (χ2v) is 6.90. The Hall–Kier alpha value is -1.59. The summed E-state index contributed by atoms with van der Waals surface area (Å²) < 4.78 is 17.1. The standard InChI is InChI=1S/C19H27NO4/c1-14(2)13-24-16-7-5-6-15(12-16)18(21)20-9-4-3-8-17(20)19-22-10-11-23-19/h5-7,12,14,17,19H,3-4,8-11,13H2,1-2H3. The van der Waals surface area contributed by atoms with Crippen LogP contribution in [-0.4, -0.2) is 49.5 Å². The van der Waals surface area contributed by atoms with Crippen LogP contribution in [-0.2, 0) is 9.47 Å². The molecule has 0 aromatic heterocycles. The molecule has 0 aliphatic carbocycles. The molecule has 1 aromatic carbocycles. The topological polar surface area (TPSA) is 48.0 Å². The lowest BCUT2D eigenvalue weighted by molar-refractivity contribution is -0.100. The second-order valence-electron chi connectivity index (χ2n) is 6.90. The van der Waals surface area contributed by atoms with E-state index in [2.05, 4.69) is 13.8 Å². The summed E-state index contributed by atoms with van der Waals surface area (Å²) in [6.45, 7) is 6.84. The van der Waals surface area contributed by atoms with Gasteiger partial charge in [0.05, 0.1) is 25.9 Å². The minimum atomic E-state index is -0.283. The van der Waals surface area contributed by atoms with Gasteiger partial charge in [-0.15, -0.1) is 0 Å². The van der Waals surface area contributed by atoms with Crippen LogP contribution in [0, 0.1) is 5.92 Å². The Bertz CT molecular complexity index is 554. The molecule has 2 heterocycles. The summed E-state index contributed by atoms with van der Waals surface area (Å²) in [6.07, 6.45) is 2.78. The van der Waals surface area contributed by atoms with Crippen LogP contribution in [0.1, 0.15) is 43.5 Å². The molecule has 0 spiro atoms. The molecule has 0 radical (unpaired) electrons. The molecule has 0 saturated carbocycles. The molecule has 2 fully saturated rings. The molecule has 1 atom stereocenters. The summed E-state index contributed by atoms with van der Waals surface area (Å²) in [4.78, 5) is 14.9. The molecule has 0 N–H and O–H groups in total. The molecule has 5 nitrogen and oxygen atoms in total. The van der Waals surface area contributed by atoms with Crippen LogP contribution >= 0.6 is 0 Å². The fraction of sp³-hybridized carbons (Fsp3) is 0.632. The molecule has 2 aliphatic rings. The number of nitrogens with zero attached hydrogens (tertiary/aromatic N) is 1. The first kappa shape index (κ1) is 17.2. The summed E-state index contributed by atoms with van der Waals surface area (Å²) in [5, 5.41) is 0. The normalized spacial score (nSPS) is 22.1. The van der Waals surface area contributed by atoms with Gasteiger partial charge in [-0.1, -0.05) is 19.9 Å². The van der Waals surface area contributed by atoms with Crippen molar-refractivity contribution in [3.05, 3.63) is 29.8 Å². The van der Waals surface area contributed by atoms with Gasteiger partial charge in [-0.3, -0.25) is 4.79 Å². The number of hydrogen-bond donors (Lipinski definition) is 0. The fourth-order valence-electron chi connectivity index (χ4n) is 3.24. The van der Waals surface area contributed by atoms with E-state index in [0.29, 0.717) is 31.3 Å². The quantitative estimate of drug-likeness (QED) is 0.831. The van der Waals surface area contributed by atoms with Crippen molar-refractivity contribution in [3.63, 3.8) is 0 Å². The van der Waals surface area contributed by atoms with Crippen molar-refractivity contribution in [2.75, 3.05) is 26.4 Å². The van der Waals surface area contributed by atoms with Gasteiger partial charge in [-0.05, 0) is 43.4 Å². The van der Waals surface area contributed by atoms with Crippen LogP contribution < -0.4 is 4.74 Å². The van der Waals surface area contributed by atoms with Crippen LogP contribution in [0.5, 0.6) is 5.75 Å². The molecular formula is C19H27NO4. The lowest BCUT2D eigenvalue weighted by Crippen LogP contribution is -2.50. The average Bonchev–Trinajstić information content (AvgIpc) is 3.14.